The van der Waals surface area contributed by atoms with Crippen LogP contribution < -0.4 is 4.74 Å². The largest absolute Gasteiger partial charge is 0.492 e. The highest BCUT2D eigenvalue weighted by atomic mass is 19.1. The number of fused-ring (bicyclic) bond motifs is 1. The Balaban J connectivity index is 1.39. The number of nitrogens with zero attached hydrogens (tertiary/aromatic N) is 1. The molecule has 1 N–H and O–H groups in total. The molecule has 0 fully saturated rings. The van der Waals surface area contributed by atoms with E-state index in [0.29, 0.717) is 18.8 Å². The summed E-state index contributed by atoms with van der Waals surface area (Å²) in [7, 11) is 0. The second-order valence-corrected chi connectivity index (χ2v) is 9.58. The van der Waals surface area contributed by atoms with Crippen molar-refractivity contribution in [2.24, 2.45) is 0 Å². The Bertz CT molecular complexity index is 1810. The highest BCUT2D eigenvalue weighted by Gasteiger charge is 2.14. The molecule has 0 unspecified atom stereocenters. The molecule has 5 aromatic carbocycles. The van der Waals surface area contributed by atoms with Gasteiger partial charge in [0.15, 0.2) is 0 Å². The van der Waals surface area contributed by atoms with Gasteiger partial charge in [-0.3, -0.25) is 0 Å². The van der Waals surface area contributed by atoms with Crippen LogP contribution in [0.3, 0.4) is 0 Å². The number of carbonyl (C=O) groups is 1. The lowest BCUT2D eigenvalue weighted by molar-refractivity contribution is 0.0692. The minimum Gasteiger partial charge on any atom is -0.492 e. The predicted molar refractivity (Wildman–Crippen MR) is 157 cm³/mol. The first-order valence-electron chi connectivity index (χ1n) is 13.1. The molecule has 0 atom stereocenters. The van der Waals surface area contributed by atoms with Gasteiger partial charge in [-0.1, -0.05) is 72.8 Å². The van der Waals surface area contributed by atoms with Gasteiger partial charge in [0.25, 0.3) is 0 Å². The van der Waals surface area contributed by atoms with Crippen LogP contribution in [0.1, 0.15) is 15.9 Å². The van der Waals surface area contributed by atoms with Gasteiger partial charge >= 0.3 is 5.97 Å². The van der Waals surface area contributed by atoms with Gasteiger partial charge in [0.05, 0.1) is 12.1 Å². The molecular weight excluding hydrogens is 501 g/mol. The van der Waals surface area contributed by atoms with E-state index in [1.165, 1.54) is 18.2 Å². The Morgan fingerprint density at radius 2 is 1.40 bits per heavy atom. The average molecular weight is 528 g/mol. The molecule has 5 heteroatoms. The number of halogens is 1. The van der Waals surface area contributed by atoms with E-state index < -0.39 is 5.97 Å². The topological polar surface area (TPSA) is 51.5 Å². The average Bonchev–Trinajstić information content (AvgIpc) is 3.36. The molecule has 196 valence electrons. The van der Waals surface area contributed by atoms with E-state index in [2.05, 4.69) is 65.4 Å². The maximum absolute atomic E-state index is 13.6. The molecule has 0 bridgehead atoms. The third kappa shape index (κ3) is 5.09. The van der Waals surface area contributed by atoms with Crippen molar-refractivity contribution in [2.45, 2.75) is 6.42 Å². The summed E-state index contributed by atoms with van der Waals surface area (Å²) in [6.45, 7) is 0.314. The summed E-state index contributed by atoms with van der Waals surface area (Å²) in [5.74, 6) is -0.940. The smallest absolute Gasteiger partial charge is 0.339 e. The standard InChI is InChI=1S/C35H26FNO3/c36-29-16-13-25(14-17-29)27-15-18-33-32(22-27)28(19-20-40-34-12-5-4-11-31(34)35(38)39)23-37(33)30-10-6-9-26(21-30)24-7-2-1-3-8-24/h1-18,21-23H,19-20H2,(H,38,39). The van der Waals surface area contributed by atoms with Crippen molar-refractivity contribution in [1.82, 2.24) is 4.57 Å². The number of aromatic carboxylic acids is 1. The number of aromatic nitrogens is 1. The second-order valence-electron chi connectivity index (χ2n) is 9.58. The van der Waals surface area contributed by atoms with Crippen molar-refractivity contribution in [2.75, 3.05) is 6.61 Å². The van der Waals surface area contributed by atoms with Crippen LogP contribution in [0.2, 0.25) is 0 Å². The summed E-state index contributed by atoms with van der Waals surface area (Å²) < 4.78 is 21.7. The van der Waals surface area contributed by atoms with Gasteiger partial charge in [-0.15, -0.1) is 0 Å². The van der Waals surface area contributed by atoms with Crippen LogP contribution >= 0.6 is 0 Å². The summed E-state index contributed by atoms with van der Waals surface area (Å²) in [6, 6.07) is 38.1. The minimum absolute atomic E-state index is 0.140. The number of carboxylic acid groups (broad SMARTS) is 1. The van der Waals surface area contributed by atoms with Gasteiger partial charge in [-0.2, -0.15) is 0 Å². The van der Waals surface area contributed by atoms with Crippen LogP contribution in [0.25, 0.3) is 38.8 Å². The zero-order valence-corrected chi connectivity index (χ0v) is 21.6. The second kappa shape index (κ2) is 10.9. The third-order valence-corrected chi connectivity index (χ3v) is 7.04. The van der Waals surface area contributed by atoms with E-state index >= 15 is 0 Å². The maximum atomic E-state index is 13.6. The molecule has 6 rings (SSSR count). The van der Waals surface area contributed by atoms with Gasteiger partial charge in [-0.05, 0) is 76.3 Å². The number of hydrogen-bond acceptors (Lipinski definition) is 2. The molecule has 0 aliphatic carbocycles. The molecule has 1 aromatic heterocycles. The molecule has 4 nitrogen and oxygen atoms in total. The quantitative estimate of drug-likeness (QED) is 0.216. The van der Waals surface area contributed by atoms with E-state index in [1.807, 2.05) is 18.2 Å². The fraction of sp³-hybridized carbons (Fsp3) is 0.0571. The molecule has 0 saturated heterocycles. The fourth-order valence-electron chi connectivity index (χ4n) is 5.04. The lowest BCUT2D eigenvalue weighted by atomic mass is 10.0. The Morgan fingerprint density at radius 3 is 2.20 bits per heavy atom. The van der Waals surface area contributed by atoms with E-state index in [9.17, 15) is 14.3 Å². The Morgan fingerprint density at radius 1 is 0.725 bits per heavy atom. The number of para-hydroxylation sites is 1. The monoisotopic (exact) mass is 527 g/mol. The number of ether oxygens (including phenoxy) is 1. The summed E-state index contributed by atoms with van der Waals surface area (Å²) >= 11 is 0. The van der Waals surface area contributed by atoms with Crippen molar-refractivity contribution in [3.63, 3.8) is 0 Å². The molecule has 0 amide bonds. The molecule has 0 aliphatic rings. The van der Waals surface area contributed by atoms with Crippen LogP contribution in [0.15, 0.2) is 128 Å². The Kier molecular flexibility index (Phi) is 6.86. The molecular formula is C35H26FNO3. The highest BCUT2D eigenvalue weighted by molar-refractivity contribution is 5.91. The molecule has 40 heavy (non-hydrogen) atoms. The van der Waals surface area contributed by atoms with E-state index in [0.717, 1.165) is 44.4 Å². The fourth-order valence-corrected chi connectivity index (χ4v) is 5.04. The predicted octanol–water partition coefficient (Wildman–Crippen LogP) is 8.42. The number of carboxylic acids is 1. The molecule has 1 heterocycles. The van der Waals surface area contributed by atoms with Crippen molar-refractivity contribution in [3.05, 3.63) is 144 Å². The van der Waals surface area contributed by atoms with E-state index in [4.69, 9.17) is 4.74 Å². The van der Waals surface area contributed by atoms with Crippen LogP contribution in [0, 0.1) is 5.82 Å². The molecule has 0 aliphatic heterocycles. The molecule has 0 spiro atoms. The summed E-state index contributed by atoms with van der Waals surface area (Å²) in [4.78, 5) is 11.6. The van der Waals surface area contributed by atoms with Gasteiger partial charge < -0.3 is 14.4 Å². The SMILES string of the molecule is O=C(O)c1ccccc1OCCc1cn(-c2cccc(-c3ccccc3)c2)c2ccc(-c3ccc(F)cc3)cc12. The number of benzene rings is 5. The zero-order valence-electron chi connectivity index (χ0n) is 21.6. The summed E-state index contributed by atoms with van der Waals surface area (Å²) in [5.41, 5.74) is 7.46. The van der Waals surface area contributed by atoms with Gasteiger partial charge in [0, 0.05) is 23.7 Å². The summed E-state index contributed by atoms with van der Waals surface area (Å²) in [5, 5.41) is 10.6. The maximum Gasteiger partial charge on any atom is 0.339 e. The molecule has 6 aromatic rings. The van der Waals surface area contributed by atoms with Crippen LogP contribution in [0.4, 0.5) is 4.39 Å². The molecule has 0 radical (unpaired) electrons. The third-order valence-electron chi connectivity index (χ3n) is 7.04. The zero-order chi connectivity index (χ0) is 27.5. The van der Waals surface area contributed by atoms with Crippen molar-refractivity contribution in [1.29, 1.82) is 0 Å². The first-order valence-corrected chi connectivity index (χ1v) is 13.1. The lowest BCUT2D eigenvalue weighted by Gasteiger charge is -2.09. The first kappa shape index (κ1) is 25.1. The van der Waals surface area contributed by atoms with Crippen molar-refractivity contribution < 1.29 is 19.0 Å². The Hall–Kier alpha value is -5.16. The molecule has 0 saturated carbocycles. The lowest BCUT2D eigenvalue weighted by Crippen LogP contribution is -2.06. The van der Waals surface area contributed by atoms with Crippen LogP contribution in [-0.2, 0) is 6.42 Å². The van der Waals surface area contributed by atoms with Gasteiger partial charge in [0.1, 0.15) is 17.1 Å². The van der Waals surface area contributed by atoms with Crippen LogP contribution in [0.5, 0.6) is 5.75 Å². The number of hydrogen-bond donors (Lipinski definition) is 1. The van der Waals surface area contributed by atoms with E-state index in [1.54, 1.807) is 30.3 Å². The van der Waals surface area contributed by atoms with Gasteiger partial charge in [-0.25, -0.2) is 9.18 Å². The minimum atomic E-state index is -1.02. The van der Waals surface area contributed by atoms with Gasteiger partial charge in [0.2, 0.25) is 0 Å². The normalized spacial score (nSPS) is 11.0. The van der Waals surface area contributed by atoms with Crippen molar-refractivity contribution in [3.8, 4) is 33.7 Å². The number of rotatable bonds is 8. The highest BCUT2D eigenvalue weighted by Crippen LogP contribution is 2.32. The first-order chi connectivity index (χ1) is 19.6. The van der Waals surface area contributed by atoms with Crippen LogP contribution in [-0.4, -0.2) is 22.2 Å². The summed E-state index contributed by atoms with van der Waals surface area (Å²) in [6.07, 6.45) is 2.69. The Labute approximate surface area is 231 Å². The van der Waals surface area contributed by atoms with E-state index in [-0.39, 0.29) is 11.4 Å². The van der Waals surface area contributed by atoms with Crippen molar-refractivity contribution >= 4 is 16.9 Å².